The molecule has 0 bridgehead atoms. The van der Waals surface area contributed by atoms with Crippen LogP contribution in [-0.4, -0.2) is 21.5 Å². The smallest absolute Gasteiger partial charge is 0.346 e. The summed E-state index contributed by atoms with van der Waals surface area (Å²) in [5.41, 5.74) is -0.0203. The Hall–Kier alpha value is -2.57. The van der Waals surface area contributed by atoms with Crippen molar-refractivity contribution in [2.24, 2.45) is 14.1 Å². The summed E-state index contributed by atoms with van der Waals surface area (Å²) in [4.78, 5) is 23.7. The molecule has 1 N–H and O–H groups in total. The zero-order valence-electron chi connectivity index (χ0n) is 12.5. The molecular formula is C14H18N4O3. The molecule has 0 saturated carbocycles. The van der Waals surface area contributed by atoms with E-state index in [1.807, 2.05) is 31.2 Å². The average Bonchev–Trinajstić information content (AvgIpc) is 2.50. The van der Waals surface area contributed by atoms with E-state index in [2.05, 4.69) is 10.4 Å². The van der Waals surface area contributed by atoms with Crippen LogP contribution in [0.1, 0.15) is 18.5 Å². The second-order valence-electron chi connectivity index (χ2n) is 4.73. The number of para-hydroxylation sites is 1. The molecule has 1 heterocycles. The minimum absolute atomic E-state index is 0.123. The molecule has 0 unspecified atom stereocenters. The molecule has 1 atom stereocenters. The molecule has 0 saturated heterocycles. The van der Waals surface area contributed by atoms with Crippen LogP contribution in [0.5, 0.6) is 5.75 Å². The topological polar surface area (TPSA) is 78.2 Å². The molecule has 0 spiro atoms. The first-order valence-electron chi connectivity index (χ1n) is 6.49. The fourth-order valence-corrected chi connectivity index (χ4v) is 2.10. The summed E-state index contributed by atoms with van der Waals surface area (Å²) >= 11 is 0. The minimum atomic E-state index is -0.463. The fraction of sp³-hybridized carbons (Fsp3) is 0.357. The molecule has 0 amide bonds. The SMILES string of the molecule is COc1ccccc1[C@@H](C)Nc1nn(C)c(=O)n(C)c1=O. The highest BCUT2D eigenvalue weighted by Crippen LogP contribution is 2.25. The van der Waals surface area contributed by atoms with Crippen LogP contribution in [0.25, 0.3) is 0 Å². The molecule has 0 radical (unpaired) electrons. The molecule has 7 nitrogen and oxygen atoms in total. The van der Waals surface area contributed by atoms with Gasteiger partial charge in [-0.05, 0) is 13.0 Å². The molecule has 0 aliphatic rings. The summed E-state index contributed by atoms with van der Waals surface area (Å²) in [7, 11) is 4.51. The van der Waals surface area contributed by atoms with Crippen molar-refractivity contribution in [3.8, 4) is 5.75 Å². The highest BCUT2D eigenvalue weighted by Gasteiger charge is 2.15. The number of nitrogens with one attached hydrogen (secondary N) is 1. The van der Waals surface area contributed by atoms with Crippen LogP contribution in [0.3, 0.4) is 0 Å². The van der Waals surface area contributed by atoms with Gasteiger partial charge in [-0.15, -0.1) is 5.10 Å². The van der Waals surface area contributed by atoms with Crippen molar-refractivity contribution in [3.63, 3.8) is 0 Å². The van der Waals surface area contributed by atoms with Gasteiger partial charge in [-0.2, -0.15) is 0 Å². The zero-order chi connectivity index (χ0) is 15.6. The second-order valence-corrected chi connectivity index (χ2v) is 4.73. The van der Waals surface area contributed by atoms with Crippen molar-refractivity contribution >= 4 is 5.82 Å². The molecule has 0 fully saturated rings. The Morgan fingerprint density at radius 1 is 1.24 bits per heavy atom. The van der Waals surface area contributed by atoms with E-state index < -0.39 is 11.2 Å². The highest BCUT2D eigenvalue weighted by atomic mass is 16.5. The summed E-state index contributed by atoms with van der Waals surface area (Å²) in [5, 5.41) is 7.00. The number of hydrogen-bond donors (Lipinski definition) is 1. The first-order valence-corrected chi connectivity index (χ1v) is 6.49. The van der Waals surface area contributed by atoms with Crippen molar-refractivity contribution in [2.75, 3.05) is 12.4 Å². The van der Waals surface area contributed by atoms with Gasteiger partial charge in [0.15, 0.2) is 0 Å². The summed E-state index contributed by atoms with van der Waals surface area (Å²) in [6, 6.07) is 7.32. The lowest BCUT2D eigenvalue weighted by molar-refractivity contribution is 0.408. The highest BCUT2D eigenvalue weighted by molar-refractivity contribution is 5.41. The lowest BCUT2D eigenvalue weighted by Gasteiger charge is -2.17. The third kappa shape index (κ3) is 2.81. The van der Waals surface area contributed by atoms with Crippen LogP contribution in [0.2, 0.25) is 0 Å². The number of ether oxygens (including phenoxy) is 1. The maximum atomic E-state index is 12.1. The quantitative estimate of drug-likeness (QED) is 0.895. The monoisotopic (exact) mass is 290 g/mol. The number of benzene rings is 1. The molecule has 0 aliphatic heterocycles. The van der Waals surface area contributed by atoms with E-state index in [9.17, 15) is 9.59 Å². The number of methoxy groups -OCH3 is 1. The number of aromatic nitrogens is 3. The third-order valence-electron chi connectivity index (χ3n) is 3.28. The number of hydrogen-bond acceptors (Lipinski definition) is 5. The number of aryl methyl sites for hydroxylation is 1. The standard InChI is InChI=1S/C14H18N4O3/c1-9(10-7-5-6-8-11(10)21-4)15-12-13(19)17(2)14(20)18(3)16-12/h5-9H,1-4H3,(H,15,16)/t9-/m1/s1. The van der Waals surface area contributed by atoms with E-state index in [-0.39, 0.29) is 11.9 Å². The molecule has 7 heteroatoms. The molecule has 112 valence electrons. The van der Waals surface area contributed by atoms with Crippen LogP contribution in [0, 0.1) is 0 Å². The van der Waals surface area contributed by atoms with Crippen LogP contribution >= 0.6 is 0 Å². The Morgan fingerprint density at radius 2 is 1.90 bits per heavy atom. The minimum Gasteiger partial charge on any atom is -0.496 e. The lowest BCUT2D eigenvalue weighted by atomic mass is 10.1. The van der Waals surface area contributed by atoms with Gasteiger partial charge in [-0.1, -0.05) is 18.2 Å². The van der Waals surface area contributed by atoms with Crippen molar-refractivity contribution in [2.45, 2.75) is 13.0 Å². The third-order valence-corrected chi connectivity index (χ3v) is 3.28. The summed E-state index contributed by atoms with van der Waals surface area (Å²) in [6.07, 6.45) is 0. The lowest BCUT2D eigenvalue weighted by Crippen LogP contribution is -2.40. The summed E-state index contributed by atoms with van der Waals surface area (Å²) in [6.45, 7) is 1.89. The van der Waals surface area contributed by atoms with E-state index in [1.165, 1.54) is 14.1 Å². The van der Waals surface area contributed by atoms with Crippen LogP contribution in [0.4, 0.5) is 5.82 Å². The number of anilines is 1. The Bertz CT molecular complexity index is 764. The van der Waals surface area contributed by atoms with Gasteiger partial charge in [0.25, 0.3) is 5.56 Å². The molecule has 2 rings (SSSR count). The van der Waals surface area contributed by atoms with E-state index in [4.69, 9.17) is 4.74 Å². The van der Waals surface area contributed by atoms with Crippen LogP contribution in [0.15, 0.2) is 33.9 Å². The first-order chi connectivity index (χ1) is 9.95. The molecule has 21 heavy (non-hydrogen) atoms. The maximum Gasteiger partial charge on any atom is 0.346 e. The largest absolute Gasteiger partial charge is 0.496 e. The summed E-state index contributed by atoms with van der Waals surface area (Å²) < 4.78 is 7.44. The first kappa shape index (κ1) is 14.8. The fourth-order valence-electron chi connectivity index (χ4n) is 2.10. The van der Waals surface area contributed by atoms with Gasteiger partial charge in [0.1, 0.15) is 5.75 Å². The Labute approximate surface area is 121 Å². The van der Waals surface area contributed by atoms with Crippen LogP contribution in [-0.2, 0) is 14.1 Å². The Balaban J connectivity index is 2.39. The van der Waals surface area contributed by atoms with Gasteiger partial charge in [-0.3, -0.25) is 9.36 Å². The van der Waals surface area contributed by atoms with Gasteiger partial charge < -0.3 is 10.1 Å². The second kappa shape index (κ2) is 5.82. The maximum absolute atomic E-state index is 12.1. The number of nitrogens with zero attached hydrogens (tertiary/aromatic N) is 3. The van der Waals surface area contributed by atoms with Gasteiger partial charge in [0.05, 0.1) is 13.2 Å². The van der Waals surface area contributed by atoms with Crippen molar-refractivity contribution in [1.29, 1.82) is 0 Å². The Morgan fingerprint density at radius 3 is 2.57 bits per heavy atom. The van der Waals surface area contributed by atoms with Gasteiger partial charge in [-0.25, -0.2) is 9.48 Å². The van der Waals surface area contributed by atoms with Gasteiger partial charge in [0.2, 0.25) is 5.82 Å². The van der Waals surface area contributed by atoms with E-state index in [0.29, 0.717) is 0 Å². The van der Waals surface area contributed by atoms with Crippen molar-refractivity contribution in [1.82, 2.24) is 14.3 Å². The number of rotatable bonds is 4. The van der Waals surface area contributed by atoms with Gasteiger partial charge >= 0.3 is 5.69 Å². The van der Waals surface area contributed by atoms with E-state index in [1.54, 1.807) is 7.11 Å². The average molecular weight is 290 g/mol. The Kier molecular flexibility index (Phi) is 4.11. The van der Waals surface area contributed by atoms with Gasteiger partial charge in [0, 0.05) is 19.7 Å². The van der Waals surface area contributed by atoms with Crippen molar-refractivity contribution < 1.29 is 4.74 Å². The zero-order valence-corrected chi connectivity index (χ0v) is 12.5. The predicted octanol–water partition coefficient (Wildman–Crippen LogP) is 0.661. The van der Waals surface area contributed by atoms with E-state index in [0.717, 1.165) is 20.6 Å². The predicted molar refractivity (Wildman–Crippen MR) is 79.8 cm³/mol. The molecule has 2 aromatic rings. The molecule has 1 aromatic heterocycles. The normalized spacial score (nSPS) is 12.0. The van der Waals surface area contributed by atoms with E-state index >= 15 is 0 Å². The molecular weight excluding hydrogens is 272 g/mol. The molecule has 1 aromatic carbocycles. The van der Waals surface area contributed by atoms with Crippen molar-refractivity contribution in [3.05, 3.63) is 50.7 Å². The molecule has 0 aliphatic carbocycles. The summed E-state index contributed by atoms with van der Waals surface area (Å²) in [5.74, 6) is 0.845. The van der Waals surface area contributed by atoms with Crippen LogP contribution < -0.4 is 21.3 Å².